The molecule has 4 heteroatoms. The second-order valence-electron chi connectivity index (χ2n) is 4.10. The van der Waals surface area contributed by atoms with Gasteiger partial charge in [0.15, 0.2) is 0 Å². The van der Waals surface area contributed by atoms with Crippen LogP contribution in [0.25, 0.3) is 0 Å². The summed E-state index contributed by atoms with van der Waals surface area (Å²) in [5.74, 6) is 0.722. The lowest BCUT2D eigenvalue weighted by molar-refractivity contribution is 0.126. The van der Waals surface area contributed by atoms with Gasteiger partial charge in [0, 0.05) is 30.4 Å². The van der Waals surface area contributed by atoms with Gasteiger partial charge in [0.05, 0.1) is 10.7 Å². The number of rotatable bonds is 5. The molecule has 1 saturated carbocycles. The van der Waals surface area contributed by atoms with Gasteiger partial charge in [-0.2, -0.15) is 0 Å². The Morgan fingerprint density at radius 3 is 2.87 bits per heavy atom. The van der Waals surface area contributed by atoms with E-state index in [9.17, 15) is 0 Å². The first kappa shape index (κ1) is 11.4. The zero-order valence-corrected chi connectivity index (χ0v) is 10.7. The molecule has 0 aliphatic heterocycles. The van der Waals surface area contributed by atoms with E-state index >= 15 is 0 Å². The van der Waals surface area contributed by atoms with Gasteiger partial charge in [-0.1, -0.05) is 6.42 Å². The van der Waals surface area contributed by atoms with Gasteiger partial charge < -0.3 is 0 Å². The normalized spacial score (nSPS) is 17.0. The number of aryl methyl sites for hydroxylation is 1. The van der Waals surface area contributed by atoms with Crippen molar-refractivity contribution in [2.24, 2.45) is 0 Å². The monoisotopic (exact) mass is 244 g/mol. The van der Waals surface area contributed by atoms with Gasteiger partial charge in [0.25, 0.3) is 0 Å². The number of thiazole rings is 1. The van der Waals surface area contributed by atoms with Gasteiger partial charge in [-0.15, -0.1) is 22.9 Å². The van der Waals surface area contributed by atoms with E-state index in [-0.39, 0.29) is 0 Å². The molecule has 1 aromatic rings. The summed E-state index contributed by atoms with van der Waals surface area (Å²) in [6.07, 6.45) is 4.04. The van der Waals surface area contributed by atoms with Crippen LogP contribution in [-0.2, 0) is 6.54 Å². The van der Waals surface area contributed by atoms with E-state index in [4.69, 9.17) is 11.6 Å². The summed E-state index contributed by atoms with van der Waals surface area (Å²) in [7, 11) is 0. The first-order valence-corrected chi connectivity index (χ1v) is 6.92. The summed E-state index contributed by atoms with van der Waals surface area (Å²) in [5.41, 5.74) is 1.20. The predicted octanol–water partition coefficient (Wildman–Crippen LogP) is 3.04. The van der Waals surface area contributed by atoms with Crippen LogP contribution in [0.2, 0.25) is 0 Å². The Balaban J connectivity index is 1.93. The van der Waals surface area contributed by atoms with Crippen molar-refractivity contribution in [1.29, 1.82) is 0 Å². The predicted molar refractivity (Wildman–Crippen MR) is 65.6 cm³/mol. The van der Waals surface area contributed by atoms with Crippen LogP contribution in [-0.4, -0.2) is 28.4 Å². The zero-order chi connectivity index (χ0) is 10.7. The minimum Gasteiger partial charge on any atom is -0.293 e. The highest BCUT2D eigenvalue weighted by Gasteiger charge is 2.24. The van der Waals surface area contributed by atoms with Crippen LogP contribution in [0, 0.1) is 6.92 Å². The third-order valence-electron chi connectivity index (χ3n) is 2.99. The number of halogens is 1. The SMILES string of the molecule is Cc1nc(CN(CCCl)C2CCC2)cs1. The van der Waals surface area contributed by atoms with E-state index < -0.39 is 0 Å². The second kappa shape index (κ2) is 5.28. The Labute approximate surface area is 100 Å². The van der Waals surface area contributed by atoms with Crippen molar-refractivity contribution >= 4 is 22.9 Å². The molecule has 84 valence electrons. The van der Waals surface area contributed by atoms with Crippen molar-refractivity contribution in [3.05, 3.63) is 16.1 Å². The molecular weight excluding hydrogens is 228 g/mol. The maximum Gasteiger partial charge on any atom is 0.0897 e. The molecule has 0 saturated heterocycles. The molecule has 0 unspecified atom stereocenters. The van der Waals surface area contributed by atoms with E-state index in [1.807, 2.05) is 0 Å². The van der Waals surface area contributed by atoms with E-state index in [1.54, 1.807) is 11.3 Å². The van der Waals surface area contributed by atoms with E-state index in [2.05, 4.69) is 22.2 Å². The number of hydrogen-bond donors (Lipinski definition) is 0. The Hall–Kier alpha value is -0.120. The summed E-state index contributed by atoms with van der Waals surface area (Å²) in [6.45, 7) is 4.02. The zero-order valence-electron chi connectivity index (χ0n) is 9.08. The fraction of sp³-hybridized carbons (Fsp3) is 0.727. The smallest absolute Gasteiger partial charge is 0.0897 e. The lowest BCUT2D eigenvalue weighted by Crippen LogP contribution is -2.40. The molecule has 1 aliphatic rings. The Morgan fingerprint density at radius 1 is 1.60 bits per heavy atom. The molecule has 0 bridgehead atoms. The Bertz CT molecular complexity index is 309. The molecule has 0 atom stereocenters. The molecule has 0 radical (unpaired) electrons. The van der Waals surface area contributed by atoms with Crippen LogP contribution >= 0.6 is 22.9 Å². The largest absolute Gasteiger partial charge is 0.293 e. The summed E-state index contributed by atoms with van der Waals surface area (Å²) in [5, 5.41) is 3.32. The van der Waals surface area contributed by atoms with Crippen LogP contribution in [0.3, 0.4) is 0 Å². The van der Waals surface area contributed by atoms with Crippen LogP contribution in [0.5, 0.6) is 0 Å². The van der Waals surface area contributed by atoms with Gasteiger partial charge in [-0.25, -0.2) is 4.98 Å². The molecule has 1 aromatic heterocycles. The summed E-state index contributed by atoms with van der Waals surface area (Å²) in [6, 6.07) is 0.755. The summed E-state index contributed by atoms with van der Waals surface area (Å²) >= 11 is 7.56. The molecule has 2 nitrogen and oxygen atoms in total. The maximum atomic E-state index is 5.83. The minimum absolute atomic E-state index is 0.722. The lowest BCUT2D eigenvalue weighted by Gasteiger charge is -2.36. The molecular formula is C11H17ClN2S. The van der Waals surface area contributed by atoms with E-state index in [0.717, 1.165) is 30.0 Å². The first-order chi connectivity index (χ1) is 7.29. The van der Waals surface area contributed by atoms with Gasteiger partial charge in [0.1, 0.15) is 0 Å². The van der Waals surface area contributed by atoms with Crippen LogP contribution in [0.1, 0.15) is 30.0 Å². The van der Waals surface area contributed by atoms with Crippen molar-refractivity contribution in [3.8, 4) is 0 Å². The first-order valence-electron chi connectivity index (χ1n) is 5.50. The lowest BCUT2D eigenvalue weighted by atomic mass is 9.91. The van der Waals surface area contributed by atoms with E-state index in [0.29, 0.717) is 0 Å². The highest BCUT2D eigenvalue weighted by Crippen LogP contribution is 2.26. The molecule has 15 heavy (non-hydrogen) atoms. The highest BCUT2D eigenvalue weighted by atomic mass is 35.5. The molecule has 0 amide bonds. The Morgan fingerprint density at radius 2 is 2.40 bits per heavy atom. The van der Waals surface area contributed by atoms with Crippen LogP contribution < -0.4 is 0 Å². The topological polar surface area (TPSA) is 16.1 Å². The summed E-state index contributed by atoms with van der Waals surface area (Å²) in [4.78, 5) is 6.98. The van der Waals surface area contributed by atoms with Crippen molar-refractivity contribution < 1.29 is 0 Å². The quantitative estimate of drug-likeness (QED) is 0.741. The van der Waals surface area contributed by atoms with Crippen molar-refractivity contribution in [3.63, 3.8) is 0 Å². The van der Waals surface area contributed by atoms with Gasteiger partial charge in [-0.05, 0) is 19.8 Å². The molecule has 1 fully saturated rings. The molecule has 1 heterocycles. The highest BCUT2D eigenvalue weighted by molar-refractivity contribution is 7.09. The third kappa shape index (κ3) is 2.92. The fourth-order valence-corrected chi connectivity index (χ4v) is 2.76. The van der Waals surface area contributed by atoms with Gasteiger partial charge in [0.2, 0.25) is 0 Å². The number of hydrogen-bond acceptors (Lipinski definition) is 3. The maximum absolute atomic E-state index is 5.83. The minimum atomic E-state index is 0.722. The van der Waals surface area contributed by atoms with Gasteiger partial charge in [-0.3, -0.25) is 4.90 Å². The molecule has 2 rings (SSSR count). The standard InChI is InChI=1S/C11H17ClN2S/c1-9-13-10(8-15-9)7-14(6-5-12)11-3-2-4-11/h8,11H,2-7H2,1H3. The van der Waals surface area contributed by atoms with Crippen molar-refractivity contribution in [1.82, 2.24) is 9.88 Å². The molecule has 0 spiro atoms. The van der Waals surface area contributed by atoms with Crippen LogP contribution in [0.15, 0.2) is 5.38 Å². The van der Waals surface area contributed by atoms with Crippen LogP contribution in [0.4, 0.5) is 0 Å². The fourth-order valence-electron chi connectivity index (χ4n) is 1.94. The number of alkyl halides is 1. The van der Waals surface area contributed by atoms with E-state index in [1.165, 1.54) is 25.0 Å². The molecule has 0 N–H and O–H groups in total. The third-order valence-corrected chi connectivity index (χ3v) is 3.99. The van der Waals surface area contributed by atoms with Crippen molar-refractivity contribution in [2.75, 3.05) is 12.4 Å². The average Bonchev–Trinajstić information content (AvgIpc) is 2.48. The molecule has 0 aromatic carbocycles. The summed E-state index contributed by atoms with van der Waals surface area (Å²) < 4.78 is 0. The van der Waals surface area contributed by atoms with Crippen molar-refractivity contribution in [2.45, 2.75) is 38.8 Å². The second-order valence-corrected chi connectivity index (χ2v) is 5.54. The number of aromatic nitrogens is 1. The average molecular weight is 245 g/mol. The van der Waals surface area contributed by atoms with Gasteiger partial charge >= 0.3 is 0 Å². The molecule has 1 aliphatic carbocycles. The Kier molecular flexibility index (Phi) is 4.00. The number of nitrogens with zero attached hydrogens (tertiary/aromatic N) is 2.